The highest BCUT2D eigenvalue weighted by Gasteiger charge is 2.14. The molecule has 0 aliphatic carbocycles. The number of thiophene rings is 1. The number of benzene rings is 2. The molecular weight excluding hydrogens is 365 g/mol. The number of rotatable bonds is 4. The SMILES string of the molecule is O=C(Nc1ccc(OC(=O)c2ccc(F)cc2Cl)cc1)c1cccs1. The summed E-state index contributed by atoms with van der Waals surface area (Å²) in [6.07, 6.45) is 0. The van der Waals surface area contributed by atoms with Crippen molar-refractivity contribution >= 4 is 40.5 Å². The Morgan fingerprint density at radius 1 is 1.08 bits per heavy atom. The third-order valence-electron chi connectivity index (χ3n) is 3.22. The number of esters is 1. The van der Waals surface area contributed by atoms with Crippen LogP contribution in [0.3, 0.4) is 0 Å². The van der Waals surface area contributed by atoms with Crippen LogP contribution in [0.25, 0.3) is 0 Å². The summed E-state index contributed by atoms with van der Waals surface area (Å²) in [5, 5.41) is 4.53. The monoisotopic (exact) mass is 375 g/mol. The molecule has 1 amide bonds. The summed E-state index contributed by atoms with van der Waals surface area (Å²) in [6.45, 7) is 0. The van der Waals surface area contributed by atoms with Gasteiger partial charge in [-0.2, -0.15) is 0 Å². The van der Waals surface area contributed by atoms with Gasteiger partial charge >= 0.3 is 5.97 Å². The number of nitrogens with one attached hydrogen (secondary N) is 1. The molecule has 3 rings (SSSR count). The molecule has 4 nitrogen and oxygen atoms in total. The van der Waals surface area contributed by atoms with E-state index in [1.807, 2.05) is 5.38 Å². The molecule has 0 aliphatic rings. The lowest BCUT2D eigenvalue weighted by atomic mass is 10.2. The van der Waals surface area contributed by atoms with E-state index in [4.69, 9.17) is 16.3 Å². The summed E-state index contributed by atoms with van der Waals surface area (Å²) in [6, 6.07) is 13.3. The second-order valence-electron chi connectivity index (χ2n) is 4.97. The van der Waals surface area contributed by atoms with Gasteiger partial charge in [0, 0.05) is 5.69 Å². The minimum atomic E-state index is -0.694. The van der Waals surface area contributed by atoms with Crippen LogP contribution in [-0.2, 0) is 0 Å². The van der Waals surface area contributed by atoms with Crippen molar-refractivity contribution in [3.63, 3.8) is 0 Å². The molecule has 3 aromatic rings. The van der Waals surface area contributed by atoms with E-state index < -0.39 is 11.8 Å². The average Bonchev–Trinajstić information content (AvgIpc) is 3.11. The number of halogens is 2. The molecule has 1 heterocycles. The van der Waals surface area contributed by atoms with Crippen LogP contribution in [0.5, 0.6) is 5.75 Å². The number of amides is 1. The van der Waals surface area contributed by atoms with Gasteiger partial charge in [-0.1, -0.05) is 17.7 Å². The highest BCUT2D eigenvalue weighted by molar-refractivity contribution is 7.12. The maximum absolute atomic E-state index is 13.0. The van der Waals surface area contributed by atoms with Gasteiger partial charge in [-0.05, 0) is 53.9 Å². The van der Waals surface area contributed by atoms with Crippen molar-refractivity contribution in [2.45, 2.75) is 0 Å². The van der Waals surface area contributed by atoms with Gasteiger partial charge < -0.3 is 10.1 Å². The Hall–Kier alpha value is -2.70. The van der Waals surface area contributed by atoms with E-state index in [0.717, 1.165) is 12.1 Å². The Balaban J connectivity index is 1.66. The molecule has 0 saturated carbocycles. The number of hydrogen-bond acceptors (Lipinski definition) is 4. The van der Waals surface area contributed by atoms with Crippen molar-refractivity contribution in [1.29, 1.82) is 0 Å². The summed E-state index contributed by atoms with van der Waals surface area (Å²) < 4.78 is 18.2. The van der Waals surface area contributed by atoms with E-state index >= 15 is 0 Å². The minimum Gasteiger partial charge on any atom is -0.423 e. The van der Waals surface area contributed by atoms with Crippen LogP contribution in [0.15, 0.2) is 60.0 Å². The lowest BCUT2D eigenvalue weighted by Gasteiger charge is -2.08. The smallest absolute Gasteiger partial charge is 0.345 e. The number of ether oxygens (including phenoxy) is 1. The first-order chi connectivity index (χ1) is 12.0. The Morgan fingerprint density at radius 2 is 1.84 bits per heavy atom. The first kappa shape index (κ1) is 17.1. The predicted octanol–water partition coefficient (Wildman–Crippen LogP) is 5.01. The van der Waals surface area contributed by atoms with Crippen LogP contribution in [-0.4, -0.2) is 11.9 Å². The van der Waals surface area contributed by atoms with Crippen LogP contribution in [0.2, 0.25) is 5.02 Å². The van der Waals surface area contributed by atoms with E-state index in [-0.39, 0.29) is 22.2 Å². The molecule has 25 heavy (non-hydrogen) atoms. The second kappa shape index (κ2) is 7.46. The Labute approximate surface area is 151 Å². The molecule has 0 aliphatic heterocycles. The van der Waals surface area contributed by atoms with Gasteiger partial charge in [0.05, 0.1) is 15.5 Å². The third kappa shape index (κ3) is 4.23. The van der Waals surface area contributed by atoms with Crippen LogP contribution < -0.4 is 10.1 Å². The quantitative estimate of drug-likeness (QED) is 0.515. The van der Waals surface area contributed by atoms with E-state index in [1.165, 1.54) is 17.4 Å². The molecule has 0 radical (unpaired) electrons. The summed E-state index contributed by atoms with van der Waals surface area (Å²) in [5.74, 6) is -1.16. The van der Waals surface area contributed by atoms with E-state index in [2.05, 4.69) is 5.32 Å². The largest absolute Gasteiger partial charge is 0.423 e. The molecule has 126 valence electrons. The average molecular weight is 376 g/mol. The first-order valence-corrected chi connectivity index (χ1v) is 8.41. The summed E-state index contributed by atoms with van der Waals surface area (Å²) in [5.41, 5.74) is 0.635. The number of carbonyl (C=O) groups excluding carboxylic acids is 2. The maximum atomic E-state index is 13.0. The topological polar surface area (TPSA) is 55.4 Å². The summed E-state index contributed by atoms with van der Waals surface area (Å²) in [7, 11) is 0. The van der Waals surface area contributed by atoms with Gasteiger partial charge in [0.1, 0.15) is 11.6 Å². The predicted molar refractivity (Wildman–Crippen MR) is 95.1 cm³/mol. The second-order valence-corrected chi connectivity index (χ2v) is 6.32. The zero-order chi connectivity index (χ0) is 17.8. The van der Waals surface area contributed by atoms with Gasteiger partial charge in [0.15, 0.2) is 0 Å². The van der Waals surface area contributed by atoms with Crippen molar-refractivity contribution in [3.8, 4) is 5.75 Å². The number of carbonyl (C=O) groups is 2. The van der Waals surface area contributed by atoms with Crippen LogP contribution >= 0.6 is 22.9 Å². The fraction of sp³-hybridized carbons (Fsp3) is 0. The molecular formula is C18H11ClFNO3S. The zero-order valence-corrected chi connectivity index (χ0v) is 14.2. The van der Waals surface area contributed by atoms with Crippen LogP contribution in [0.1, 0.15) is 20.0 Å². The molecule has 1 aromatic heterocycles. The molecule has 0 spiro atoms. The highest BCUT2D eigenvalue weighted by atomic mass is 35.5. The molecule has 0 atom stereocenters. The van der Waals surface area contributed by atoms with Crippen LogP contribution in [0, 0.1) is 5.82 Å². The van der Waals surface area contributed by atoms with Crippen LogP contribution in [0.4, 0.5) is 10.1 Å². The lowest BCUT2D eigenvalue weighted by Crippen LogP contribution is -2.11. The lowest BCUT2D eigenvalue weighted by molar-refractivity contribution is 0.0734. The Kier molecular flexibility index (Phi) is 5.11. The number of anilines is 1. The van der Waals surface area contributed by atoms with Gasteiger partial charge in [-0.3, -0.25) is 4.79 Å². The fourth-order valence-electron chi connectivity index (χ4n) is 2.02. The Morgan fingerprint density at radius 3 is 2.48 bits per heavy atom. The molecule has 0 saturated heterocycles. The van der Waals surface area contributed by atoms with Crippen molar-refractivity contribution in [3.05, 3.63) is 81.3 Å². The van der Waals surface area contributed by atoms with Gasteiger partial charge in [0.25, 0.3) is 5.91 Å². The molecule has 2 aromatic carbocycles. The van der Waals surface area contributed by atoms with Crippen molar-refractivity contribution in [2.24, 2.45) is 0 Å². The van der Waals surface area contributed by atoms with Gasteiger partial charge in [-0.25, -0.2) is 9.18 Å². The normalized spacial score (nSPS) is 10.3. The highest BCUT2D eigenvalue weighted by Crippen LogP contribution is 2.22. The standard InChI is InChI=1S/C18H11ClFNO3S/c19-15-10-11(20)3-8-14(15)18(23)24-13-6-4-12(5-7-13)21-17(22)16-2-1-9-25-16/h1-10H,(H,21,22). The summed E-state index contributed by atoms with van der Waals surface area (Å²) in [4.78, 5) is 24.6. The third-order valence-corrected chi connectivity index (χ3v) is 4.40. The first-order valence-electron chi connectivity index (χ1n) is 7.15. The van der Waals surface area contributed by atoms with Crippen molar-refractivity contribution in [2.75, 3.05) is 5.32 Å². The van der Waals surface area contributed by atoms with E-state index in [1.54, 1.807) is 36.4 Å². The molecule has 0 bridgehead atoms. The van der Waals surface area contributed by atoms with E-state index in [9.17, 15) is 14.0 Å². The number of hydrogen-bond donors (Lipinski definition) is 1. The molecule has 1 N–H and O–H groups in total. The molecule has 7 heteroatoms. The minimum absolute atomic E-state index is 0.0233. The van der Waals surface area contributed by atoms with Gasteiger partial charge in [0.2, 0.25) is 0 Å². The Bertz CT molecular complexity index is 911. The van der Waals surface area contributed by atoms with Crippen molar-refractivity contribution < 1.29 is 18.7 Å². The molecule has 0 unspecified atom stereocenters. The fourth-order valence-corrected chi connectivity index (χ4v) is 2.89. The van der Waals surface area contributed by atoms with Crippen molar-refractivity contribution in [1.82, 2.24) is 0 Å². The molecule has 0 fully saturated rings. The summed E-state index contributed by atoms with van der Waals surface area (Å²) >= 11 is 7.18. The zero-order valence-electron chi connectivity index (χ0n) is 12.7. The van der Waals surface area contributed by atoms with Gasteiger partial charge in [-0.15, -0.1) is 11.3 Å². The maximum Gasteiger partial charge on any atom is 0.345 e. The van der Waals surface area contributed by atoms with E-state index in [0.29, 0.717) is 10.6 Å².